The summed E-state index contributed by atoms with van der Waals surface area (Å²) in [5.41, 5.74) is -0.302. The molecule has 24 nitrogen and oxygen atoms in total. The van der Waals surface area contributed by atoms with Gasteiger partial charge in [-0.2, -0.15) is 23.5 Å². The van der Waals surface area contributed by atoms with Crippen LogP contribution in [0.3, 0.4) is 0 Å². The summed E-state index contributed by atoms with van der Waals surface area (Å²) >= 11 is 2.25. The number of nitrogens with one attached hydrogen (secondary N) is 8. The minimum Gasteiger partial charge on any atom is -0.505 e. The molecule has 0 unspecified atom stereocenters. The molecule has 2 aromatic carbocycles. The van der Waals surface area contributed by atoms with Crippen molar-refractivity contribution in [3.05, 3.63) is 72.1 Å². The predicted octanol–water partition coefficient (Wildman–Crippen LogP) is -1.52. The molecule has 4 heterocycles. The first-order valence-electron chi connectivity index (χ1n) is 21.6. The minimum absolute atomic E-state index is 0.0834. The number of carbonyl (C=O) groups is 10. The lowest BCUT2D eigenvalue weighted by atomic mass is 10.1. The number of para-hydroxylation sites is 2. The smallest absolute Gasteiger partial charge is 0.329 e. The van der Waals surface area contributed by atoms with Crippen LogP contribution < -0.4 is 42.5 Å². The Labute approximate surface area is 425 Å². The number of hydrogen-bond donors (Lipinski definition) is 10. The van der Waals surface area contributed by atoms with Crippen molar-refractivity contribution in [2.24, 2.45) is 0 Å². The third kappa shape index (κ3) is 14.8. The Bertz CT molecular complexity index is 2570. The van der Waals surface area contributed by atoms with Crippen LogP contribution in [-0.4, -0.2) is 177 Å². The van der Waals surface area contributed by atoms with E-state index in [9.17, 15) is 58.2 Å². The van der Waals surface area contributed by atoms with Crippen LogP contribution in [0, 0.1) is 0 Å². The van der Waals surface area contributed by atoms with E-state index < -0.39 is 145 Å². The number of rotatable bonds is 8. The first-order valence-corrected chi connectivity index (χ1v) is 26.9. The number of hydrogen-bond acceptors (Lipinski definition) is 20. The van der Waals surface area contributed by atoms with Crippen molar-refractivity contribution in [2.45, 2.75) is 36.3 Å². The number of amides is 8. The van der Waals surface area contributed by atoms with Crippen LogP contribution in [0.25, 0.3) is 21.8 Å². The SMILES string of the molecule is CSC[C@@H]1NC(=O)[C@@H]2CSSC[C@H](NC(=O)CNC(=O)[C@H](NC(=O)c3nc4ccccc4cc3O)COC1=O)C(=O)N[C@@H](CSC)C(=O)OC[C@@H](NC(=O)c1nc3ccccc3cc1O)C(=O)NCC(=O)N2. The third-order valence-electron chi connectivity index (χ3n) is 10.4. The zero-order chi connectivity index (χ0) is 51.9. The molecule has 0 saturated carbocycles. The number of carbonyl (C=O) groups excluding carboxylic acids is 10. The standard InChI is InChI=1S/C44H48N10O14S4/c1-69-17-29-43(65)67-15-25(51-41(63)35-31(55)11-21-7-3-5-9-23(21)49-35)37(59)45-14-34(58)48-28-20-72-71-19-27(39(61)53-29)47-33(57)13-46-38(60)26(16-68-44(66)30(18-70-2)54-40(28)62)52-42(64)36-32(56)12-22-8-4-6-10-24(22)50-36/h3-12,25-30,55-56H,13-20H2,1-2H3,(H,45,59)(H,46,60)(H,47,57)(H,48,58)(H,51,63)(H,52,64)(H,53,61)(H,54,62)/t25-,26-,27+,28+,29+,30+/m1/s1. The van der Waals surface area contributed by atoms with Gasteiger partial charge in [0.05, 0.1) is 24.1 Å². The van der Waals surface area contributed by atoms with Gasteiger partial charge in [-0.25, -0.2) is 19.6 Å². The average Bonchev–Trinajstić information content (AvgIpc) is 3.36. The van der Waals surface area contributed by atoms with Crippen LogP contribution in [0.2, 0.25) is 0 Å². The topological polar surface area (TPSA) is 352 Å². The highest BCUT2D eigenvalue weighted by Crippen LogP contribution is 2.25. The Kier molecular flexibility index (Phi) is 19.5. The lowest BCUT2D eigenvalue weighted by molar-refractivity contribution is -0.149. The van der Waals surface area contributed by atoms with E-state index in [1.807, 2.05) is 0 Å². The summed E-state index contributed by atoms with van der Waals surface area (Å²) in [5.74, 6) is -11.7. The molecule has 4 aromatic rings. The molecule has 0 spiro atoms. The molecule has 2 saturated heterocycles. The summed E-state index contributed by atoms with van der Waals surface area (Å²) in [6.07, 6.45) is 3.24. The Morgan fingerprint density at radius 1 is 0.611 bits per heavy atom. The number of benzene rings is 2. The van der Waals surface area contributed by atoms with E-state index in [2.05, 4.69) is 52.5 Å². The molecule has 2 aliphatic rings. The van der Waals surface area contributed by atoms with Gasteiger partial charge < -0.3 is 62.2 Å². The molecule has 6 rings (SSSR count). The van der Waals surface area contributed by atoms with Gasteiger partial charge in [0.15, 0.2) is 11.4 Å². The largest absolute Gasteiger partial charge is 0.505 e. The van der Waals surface area contributed by atoms with Gasteiger partial charge in [0.2, 0.25) is 35.4 Å². The molecular formula is C44H48N10O14S4. The van der Waals surface area contributed by atoms with Crippen molar-refractivity contribution in [1.29, 1.82) is 0 Å². The highest BCUT2D eigenvalue weighted by Gasteiger charge is 2.34. The van der Waals surface area contributed by atoms with E-state index >= 15 is 0 Å². The zero-order valence-corrected chi connectivity index (χ0v) is 41.5. The number of nitrogens with zero attached hydrogens (tertiary/aromatic N) is 2. The van der Waals surface area contributed by atoms with Crippen molar-refractivity contribution in [3.63, 3.8) is 0 Å². The van der Waals surface area contributed by atoms with Gasteiger partial charge >= 0.3 is 11.9 Å². The molecule has 2 aromatic heterocycles. The normalized spacial score (nSPS) is 22.6. The zero-order valence-electron chi connectivity index (χ0n) is 38.2. The summed E-state index contributed by atoms with van der Waals surface area (Å²) in [5, 5.41) is 41.8. The summed E-state index contributed by atoms with van der Waals surface area (Å²) in [6.45, 7) is -3.31. The quantitative estimate of drug-likeness (QED) is 0.0708. The van der Waals surface area contributed by atoms with E-state index in [1.54, 1.807) is 61.0 Å². The van der Waals surface area contributed by atoms with Crippen LogP contribution in [0.15, 0.2) is 60.7 Å². The second kappa shape index (κ2) is 25.9. The number of ether oxygens (including phenoxy) is 2. The molecule has 0 aliphatic carbocycles. The molecule has 2 fully saturated rings. The van der Waals surface area contributed by atoms with E-state index in [4.69, 9.17) is 9.47 Å². The predicted molar refractivity (Wildman–Crippen MR) is 267 cm³/mol. The number of esters is 2. The van der Waals surface area contributed by atoms with Crippen LogP contribution in [-0.2, 0) is 47.8 Å². The van der Waals surface area contributed by atoms with Crippen molar-refractivity contribution in [2.75, 3.05) is 61.8 Å². The molecular weight excluding hydrogens is 1020 g/mol. The maximum atomic E-state index is 14.0. The van der Waals surface area contributed by atoms with Crippen LogP contribution in [0.5, 0.6) is 11.5 Å². The van der Waals surface area contributed by atoms with Crippen LogP contribution in [0.4, 0.5) is 0 Å². The maximum Gasteiger partial charge on any atom is 0.329 e. The summed E-state index contributed by atoms with van der Waals surface area (Å²) in [7, 11) is 1.95. The minimum atomic E-state index is -1.73. The molecule has 0 radical (unpaired) electrons. The van der Waals surface area contributed by atoms with Gasteiger partial charge in [-0.15, -0.1) is 0 Å². The third-order valence-corrected chi connectivity index (χ3v) is 14.2. The van der Waals surface area contributed by atoms with Crippen molar-refractivity contribution >= 4 is 126 Å². The molecule has 72 heavy (non-hydrogen) atoms. The number of cyclic esters (lactones) is 2. The highest BCUT2D eigenvalue weighted by atomic mass is 33.1. The fourth-order valence-corrected chi connectivity index (χ4v) is 10.2. The number of fused-ring (bicyclic) bond motifs is 7. The lowest BCUT2D eigenvalue weighted by Gasteiger charge is -2.25. The molecule has 28 heteroatoms. The van der Waals surface area contributed by atoms with Gasteiger partial charge in [-0.3, -0.25) is 38.4 Å². The molecule has 2 bridgehead atoms. The van der Waals surface area contributed by atoms with E-state index in [1.165, 1.54) is 12.1 Å². The molecule has 10 N–H and O–H groups in total. The first-order chi connectivity index (χ1) is 34.5. The molecule has 8 amide bonds. The van der Waals surface area contributed by atoms with Gasteiger partial charge in [0, 0.05) is 33.8 Å². The fraction of sp³-hybridized carbons (Fsp3) is 0.364. The van der Waals surface area contributed by atoms with Crippen molar-refractivity contribution in [1.82, 2.24) is 52.5 Å². The van der Waals surface area contributed by atoms with Crippen molar-refractivity contribution in [3.8, 4) is 11.5 Å². The van der Waals surface area contributed by atoms with Gasteiger partial charge in [-0.1, -0.05) is 58.0 Å². The summed E-state index contributed by atoms with van der Waals surface area (Å²) in [6, 6.07) is 6.57. The van der Waals surface area contributed by atoms with Gasteiger partial charge in [0.1, 0.15) is 61.0 Å². The Hall–Kier alpha value is -7.04. The first kappa shape index (κ1) is 54.3. The fourth-order valence-electron chi connectivity index (χ4n) is 6.78. The average molecular weight is 1070 g/mol. The van der Waals surface area contributed by atoms with Gasteiger partial charge in [-0.05, 0) is 36.8 Å². The van der Waals surface area contributed by atoms with Crippen molar-refractivity contribution < 1.29 is 67.6 Å². The van der Waals surface area contributed by atoms with Crippen LogP contribution >= 0.6 is 45.1 Å². The molecule has 382 valence electrons. The summed E-state index contributed by atoms with van der Waals surface area (Å²) in [4.78, 5) is 145. The Morgan fingerprint density at radius 2 is 1.00 bits per heavy atom. The number of aromatic nitrogens is 2. The molecule has 2 aliphatic heterocycles. The van der Waals surface area contributed by atoms with Gasteiger partial charge in [0.25, 0.3) is 11.8 Å². The number of aromatic hydroxyl groups is 2. The summed E-state index contributed by atoms with van der Waals surface area (Å²) < 4.78 is 10.9. The van der Waals surface area contributed by atoms with Crippen LogP contribution in [0.1, 0.15) is 21.0 Å². The Balaban J connectivity index is 1.28. The lowest BCUT2D eigenvalue weighted by Crippen LogP contribution is -2.58. The molecule has 6 atom stereocenters. The van der Waals surface area contributed by atoms with E-state index in [0.29, 0.717) is 21.8 Å². The van der Waals surface area contributed by atoms with E-state index in [-0.39, 0.29) is 23.0 Å². The maximum absolute atomic E-state index is 14.0. The number of pyridine rings is 2. The second-order valence-electron chi connectivity index (χ2n) is 15.7. The monoisotopic (exact) mass is 1070 g/mol. The van der Waals surface area contributed by atoms with E-state index in [0.717, 1.165) is 45.1 Å². The Morgan fingerprint density at radius 3 is 1.39 bits per heavy atom. The highest BCUT2D eigenvalue weighted by molar-refractivity contribution is 8.76. The second-order valence-corrected chi connectivity index (χ2v) is 20.1. The number of thioether (sulfide) groups is 2.